The summed E-state index contributed by atoms with van der Waals surface area (Å²) in [6, 6.07) is 12.7. The van der Waals surface area contributed by atoms with Gasteiger partial charge in [-0.1, -0.05) is 33.3 Å². The van der Waals surface area contributed by atoms with Gasteiger partial charge >= 0.3 is 0 Å². The molecule has 3 aromatic rings. The number of phenolic OH excluding ortho intramolecular Hbond substituents is 1. The molecule has 0 unspecified atom stereocenters. The minimum absolute atomic E-state index is 0.104. The molecule has 3 rings (SSSR count). The number of phenols is 1. The molecular weight excluding hydrogens is 322 g/mol. The number of benzene rings is 2. The summed E-state index contributed by atoms with van der Waals surface area (Å²) in [5.74, 6) is 0.725. The van der Waals surface area contributed by atoms with Crippen LogP contribution in [0.25, 0.3) is 16.7 Å². The van der Waals surface area contributed by atoms with Crippen molar-refractivity contribution in [1.82, 2.24) is 15.0 Å². The van der Waals surface area contributed by atoms with Crippen molar-refractivity contribution in [1.29, 1.82) is 0 Å². The van der Waals surface area contributed by atoms with Crippen LogP contribution in [0.5, 0.6) is 11.5 Å². The molecule has 0 aliphatic carbocycles. The van der Waals surface area contributed by atoms with Gasteiger partial charge in [0, 0.05) is 11.4 Å². The van der Waals surface area contributed by atoms with Crippen molar-refractivity contribution in [2.75, 3.05) is 11.9 Å². The zero-order chi connectivity index (χ0) is 13.9. The maximum Gasteiger partial charge on any atom is 0.145 e. The van der Waals surface area contributed by atoms with Crippen LogP contribution in [0.1, 0.15) is 0 Å². The van der Waals surface area contributed by atoms with E-state index >= 15 is 0 Å². The van der Waals surface area contributed by atoms with Gasteiger partial charge < -0.3 is 9.84 Å². The van der Waals surface area contributed by atoms with Crippen molar-refractivity contribution in [3.63, 3.8) is 0 Å². The van der Waals surface area contributed by atoms with Gasteiger partial charge in [-0.2, -0.15) is 0 Å². The third kappa shape index (κ3) is 2.34. The maximum absolute atomic E-state index is 10.1. The zero-order valence-corrected chi connectivity index (χ0v) is 12.1. The molecule has 0 aliphatic heterocycles. The number of aromatic hydroxyl groups is 1. The average molecular weight is 334 g/mol. The average Bonchev–Trinajstić information content (AvgIpc) is 2.89. The molecule has 0 saturated heterocycles. The lowest BCUT2D eigenvalue weighted by atomic mass is 10.2. The van der Waals surface area contributed by atoms with Crippen LogP contribution in [-0.4, -0.2) is 32.0 Å². The summed E-state index contributed by atoms with van der Waals surface area (Å²) in [7, 11) is 0. The molecule has 0 fully saturated rings. The fourth-order valence-corrected chi connectivity index (χ4v) is 2.14. The summed E-state index contributed by atoms with van der Waals surface area (Å²) in [4.78, 5) is 0. The largest absolute Gasteiger partial charge is 0.506 e. The predicted molar refractivity (Wildman–Crippen MR) is 79.8 cm³/mol. The Bertz CT molecular complexity index is 742. The quantitative estimate of drug-likeness (QED) is 0.746. The van der Waals surface area contributed by atoms with Crippen molar-refractivity contribution in [3.8, 4) is 17.2 Å². The number of halogens is 1. The third-order valence-corrected chi connectivity index (χ3v) is 3.20. The van der Waals surface area contributed by atoms with Crippen molar-refractivity contribution in [2.45, 2.75) is 0 Å². The van der Waals surface area contributed by atoms with E-state index < -0.39 is 0 Å². The van der Waals surface area contributed by atoms with Crippen LogP contribution >= 0.6 is 15.9 Å². The van der Waals surface area contributed by atoms with Crippen molar-refractivity contribution >= 4 is 27.0 Å². The topological polar surface area (TPSA) is 60.2 Å². The molecule has 0 radical (unpaired) electrons. The second-order valence-corrected chi connectivity index (χ2v) is 4.97. The van der Waals surface area contributed by atoms with Crippen molar-refractivity contribution in [2.24, 2.45) is 0 Å². The minimum Gasteiger partial charge on any atom is -0.506 e. The van der Waals surface area contributed by atoms with E-state index in [9.17, 15) is 5.11 Å². The summed E-state index contributed by atoms with van der Waals surface area (Å²) < 4.78 is 7.05. The number of alkyl halides is 1. The first kappa shape index (κ1) is 12.9. The number of nitrogens with zero attached hydrogens (tertiary/aromatic N) is 3. The second kappa shape index (κ2) is 5.50. The molecule has 20 heavy (non-hydrogen) atoms. The molecule has 0 amide bonds. The molecule has 0 aliphatic rings. The lowest BCUT2D eigenvalue weighted by Gasteiger charge is -2.08. The highest BCUT2D eigenvalue weighted by Crippen LogP contribution is 2.28. The normalized spacial score (nSPS) is 10.8. The van der Waals surface area contributed by atoms with Crippen molar-refractivity contribution in [3.05, 3.63) is 42.5 Å². The van der Waals surface area contributed by atoms with Crippen LogP contribution in [0.3, 0.4) is 0 Å². The SMILES string of the molecule is Oc1cc(OCCBr)ccc1-n1nnc2ccccc21. The lowest BCUT2D eigenvalue weighted by molar-refractivity contribution is 0.342. The second-order valence-electron chi connectivity index (χ2n) is 4.18. The molecular formula is C14H12BrN3O2. The Labute approximate surface area is 123 Å². The van der Waals surface area contributed by atoms with Crippen molar-refractivity contribution < 1.29 is 9.84 Å². The Morgan fingerprint density at radius 1 is 1.20 bits per heavy atom. The fraction of sp³-hybridized carbons (Fsp3) is 0.143. The van der Waals surface area contributed by atoms with Crippen LogP contribution in [0, 0.1) is 0 Å². The third-order valence-electron chi connectivity index (χ3n) is 2.87. The molecule has 6 heteroatoms. The van der Waals surface area contributed by atoms with E-state index in [2.05, 4.69) is 26.2 Å². The van der Waals surface area contributed by atoms with Gasteiger partial charge in [0.2, 0.25) is 0 Å². The number of hydrogen-bond donors (Lipinski definition) is 1. The van der Waals surface area contributed by atoms with Crippen LogP contribution in [0.2, 0.25) is 0 Å². The van der Waals surface area contributed by atoms with Gasteiger partial charge in [-0.25, -0.2) is 4.68 Å². The lowest BCUT2D eigenvalue weighted by Crippen LogP contribution is -2.00. The molecule has 102 valence electrons. The van der Waals surface area contributed by atoms with Crippen LogP contribution in [0.15, 0.2) is 42.5 Å². The van der Waals surface area contributed by atoms with Gasteiger partial charge in [-0.3, -0.25) is 0 Å². The van der Waals surface area contributed by atoms with Crippen LogP contribution in [-0.2, 0) is 0 Å². The highest BCUT2D eigenvalue weighted by molar-refractivity contribution is 9.09. The van der Waals surface area contributed by atoms with E-state index in [1.165, 1.54) is 0 Å². The van der Waals surface area contributed by atoms with Gasteiger partial charge in [0.15, 0.2) is 0 Å². The highest BCUT2D eigenvalue weighted by Gasteiger charge is 2.10. The molecule has 2 aromatic carbocycles. The molecule has 5 nitrogen and oxygen atoms in total. The number of fused-ring (bicyclic) bond motifs is 1. The van der Waals surface area contributed by atoms with E-state index in [-0.39, 0.29) is 5.75 Å². The standard InChI is InChI=1S/C14H12BrN3O2/c15-7-8-20-10-5-6-13(14(19)9-10)18-12-4-2-1-3-11(12)16-17-18/h1-6,9,19H,7-8H2. The zero-order valence-electron chi connectivity index (χ0n) is 10.5. The smallest absolute Gasteiger partial charge is 0.145 e. The number of hydrogen-bond acceptors (Lipinski definition) is 4. The van der Waals surface area contributed by atoms with Gasteiger partial charge in [-0.15, -0.1) is 5.10 Å². The Hall–Kier alpha value is -2.08. The minimum atomic E-state index is 0.104. The van der Waals surface area contributed by atoms with Gasteiger partial charge in [0.25, 0.3) is 0 Å². The Balaban J connectivity index is 2.02. The molecule has 0 atom stereocenters. The van der Waals surface area contributed by atoms with E-state index in [1.807, 2.05) is 24.3 Å². The Morgan fingerprint density at radius 3 is 2.85 bits per heavy atom. The van der Waals surface area contributed by atoms with Gasteiger partial charge in [0.1, 0.15) is 22.7 Å². The Kier molecular flexibility index (Phi) is 3.56. The summed E-state index contributed by atoms with van der Waals surface area (Å²) in [5, 5.41) is 19.0. The van der Waals surface area contributed by atoms with E-state index in [4.69, 9.17) is 4.74 Å². The van der Waals surface area contributed by atoms with Crippen LogP contribution in [0.4, 0.5) is 0 Å². The fourth-order valence-electron chi connectivity index (χ4n) is 1.98. The summed E-state index contributed by atoms with van der Waals surface area (Å²) >= 11 is 3.29. The molecule has 0 spiro atoms. The van der Waals surface area contributed by atoms with Crippen LogP contribution < -0.4 is 4.74 Å². The summed E-state index contributed by atoms with van der Waals surface area (Å²) in [5.41, 5.74) is 2.20. The molecule has 1 heterocycles. The monoisotopic (exact) mass is 333 g/mol. The van der Waals surface area contributed by atoms with E-state index in [0.29, 0.717) is 18.0 Å². The number of rotatable bonds is 4. The first-order chi connectivity index (χ1) is 9.79. The number of para-hydroxylation sites is 1. The maximum atomic E-state index is 10.1. The number of ether oxygens (including phenoxy) is 1. The first-order valence-electron chi connectivity index (χ1n) is 6.12. The highest BCUT2D eigenvalue weighted by atomic mass is 79.9. The predicted octanol–water partition coefficient (Wildman–Crippen LogP) is 2.90. The molecule has 0 saturated carbocycles. The number of aromatic nitrogens is 3. The first-order valence-corrected chi connectivity index (χ1v) is 7.24. The summed E-state index contributed by atoms with van der Waals surface area (Å²) in [6.45, 7) is 0.547. The Morgan fingerprint density at radius 2 is 2.05 bits per heavy atom. The molecule has 0 bridgehead atoms. The van der Waals surface area contributed by atoms with Gasteiger partial charge in [-0.05, 0) is 24.3 Å². The molecule has 1 N–H and O–H groups in total. The van der Waals surface area contributed by atoms with Gasteiger partial charge in [0.05, 0.1) is 12.1 Å². The molecule has 1 aromatic heterocycles. The van der Waals surface area contributed by atoms with E-state index in [0.717, 1.165) is 16.4 Å². The summed E-state index contributed by atoms with van der Waals surface area (Å²) in [6.07, 6.45) is 0. The van der Waals surface area contributed by atoms with E-state index in [1.54, 1.807) is 22.9 Å².